The number of benzene rings is 1. The summed E-state index contributed by atoms with van der Waals surface area (Å²) < 4.78 is 5.29. The monoisotopic (exact) mass is 286 g/mol. The summed E-state index contributed by atoms with van der Waals surface area (Å²) in [4.78, 5) is 9.12. The van der Waals surface area contributed by atoms with Crippen LogP contribution in [0.4, 0.5) is 5.82 Å². The van der Waals surface area contributed by atoms with Gasteiger partial charge >= 0.3 is 0 Å². The molecule has 0 spiro atoms. The van der Waals surface area contributed by atoms with Crippen molar-refractivity contribution in [3.63, 3.8) is 0 Å². The van der Waals surface area contributed by atoms with Gasteiger partial charge in [0.2, 0.25) is 0 Å². The predicted octanol–water partition coefficient (Wildman–Crippen LogP) is 3.04. The van der Waals surface area contributed by atoms with E-state index in [4.69, 9.17) is 10.6 Å². The topological polar surface area (TPSA) is 73.1 Å². The van der Waals surface area contributed by atoms with Gasteiger partial charge in [0.05, 0.1) is 12.8 Å². The van der Waals surface area contributed by atoms with Gasteiger partial charge in [0.25, 0.3) is 0 Å². The van der Waals surface area contributed by atoms with Gasteiger partial charge in [-0.15, -0.1) is 0 Å². The lowest BCUT2D eigenvalue weighted by Gasteiger charge is -2.19. The molecule has 2 aromatic rings. The molecular formula is C16H22N4O. The van der Waals surface area contributed by atoms with E-state index in [1.54, 1.807) is 7.11 Å². The van der Waals surface area contributed by atoms with Gasteiger partial charge in [0, 0.05) is 17.0 Å². The molecule has 1 aromatic heterocycles. The van der Waals surface area contributed by atoms with Crippen molar-refractivity contribution in [1.82, 2.24) is 9.97 Å². The Bertz CT molecular complexity index is 647. The van der Waals surface area contributed by atoms with Crippen LogP contribution in [0.1, 0.15) is 32.0 Å². The fraction of sp³-hybridized carbons (Fsp3) is 0.375. The molecule has 0 aliphatic carbocycles. The zero-order valence-corrected chi connectivity index (χ0v) is 13.2. The number of rotatable bonds is 3. The summed E-state index contributed by atoms with van der Waals surface area (Å²) >= 11 is 0. The highest BCUT2D eigenvalue weighted by Crippen LogP contribution is 2.28. The number of nitrogens with one attached hydrogen (secondary N) is 1. The number of hydrazine groups is 1. The van der Waals surface area contributed by atoms with E-state index in [9.17, 15) is 0 Å². The van der Waals surface area contributed by atoms with Crippen LogP contribution in [-0.2, 0) is 5.41 Å². The molecule has 5 nitrogen and oxygen atoms in total. The SMILES string of the molecule is COc1ccc(-c2nc(NN)cc(C(C)(C)C)n2)cc1C. The van der Waals surface area contributed by atoms with Crippen LogP contribution in [-0.4, -0.2) is 17.1 Å². The van der Waals surface area contributed by atoms with Gasteiger partial charge in [-0.05, 0) is 30.7 Å². The fourth-order valence-electron chi connectivity index (χ4n) is 2.05. The molecule has 0 amide bonds. The van der Waals surface area contributed by atoms with Gasteiger partial charge < -0.3 is 10.2 Å². The quantitative estimate of drug-likeness (QED) is 0.670. The first-order valence-electron chi connectivity index (χ1n) is 6.86. The van der Waals surface area contributed by atoms with Gasteiger partial charge in [0.15, 0.2) is 5.82 Å². The highest BCUT2D eigenvalue weighted by molar-refractivity contribution is 5.60. The molecule has 0 radical (unpaired) electrons. The van der Waals surface area contributed by atoms with Crippen LogP contribution in [0, 0.1) is 6.92 Å². The second kappa shape index (κ2) is 5.69. The molecule has 5 heteroatoms. The second-order valence-corrected chi connectivity index (χ2v) is 6.04. The molecule has 112 valence electrons. The number of ether oxygens (including phenoxy) is 1. The van der Waals surface area contributed by atoms with Crippen LogP contribution in [0.5, 0.6) is 5.75 Å². The molecule has 3 N–H and O–H groups in total. The number of aromatic nitrogens is 2. The van der Waals surface area contributed by atoms with Crippen molar-refractivity contribution in [1.29, 1.82) is 0 Å². The van der Waals surface area contributed by atoms with Crippen molar-refractivity contribution in [3.05, 3.63) is 35.5 Å². The first kappa shape index (κ1) is 15.3. The Labute approximate surface area is 125 Å². The third kappa shape index (κ3) is 3.31. The molecule has 21 heavy (non-hydrogen) atoms. The van der Waals surface area contributed by atoms with Crippen molar-refractivity contribution in [2.24, 2.45) is 5.84 Å². The molecule has 0 saturated carbocycles. The molecule has 0 fully saturated rings. The summed E-state index contributed by atoms with van der Waals surface area (Å²) in [6.45, 7) is 8.33. The molecule has 0 unspecified atom stereocenters. The van der Waals surface area contributed by atoms with Gasteiger partial charge in [-0.25, -0.2) is 15.8 Å². The Kier molecular flexibility index (Phi) is 4.14. The van der Waals surface area contributed by atoms with E-state index in [0.717, 1.165) is 22.6 Å². The Morgan fingerprint density at radius 3 is 2.38 bits per heavy atom. The zero-order chi connectivity index (χ0) is 15.6. The van der Waals surface area contributed by atoms with Gasteiger partial charge in [-0.3, -0.25) is 0 Å². The number of aryl methyl sites for hydroxylation is 1. The summed E-state index contributed by atoms with van der Waals surface area (Å²) in [6, 6.07) is 7.77. The van der Waals surface area contributed by atoms with E-state index in [1.165, 1.54) is 0 Å². The Hall–Kier alpha value is -2.14. The lowest BCUT2D eigenvalue weighted by atomic mass is 9.91. The van der Waals surface area contributed by atoms with Crippen LogP contribution in [0.25, 0.3) is 11.4 Å². The standard InChI is InChI=1S/C16H22N4O/c1-10-8-11(6-7-12(10)21-5)15-18-13(16(2,3)4)9-14(19-15)20-17/h6-9H,17H2,1-5H3,(H,18,19,20). The summed E-state index contributed by atoms with van der Waals surface area (Å²) in [7, 11) is 1.66. The number of methoxy groups -OCH3 is 1. The number of nitrogens with zero attached hydrogens (tertiary/aromatic N) is 2. The van der Waals surface area contributed by atoms with E-state index >= 15 is 0 Å². The van der Waals surface area contributed by atoms with Crippen molar-refractivity contribution in [3.8, 4) is 17.1 Å². The van der Waals surface area contributed by atoms with Crippen LogP contribution in [0.15, 0.2) is 24.3 Å². The fourth-order valence-corrected chi connectivity index (χ4v) is 2.05. The molecule has 1 aromatic carbocycles. The van der Waals surface area contributed by atoms with Gasteiger partial charge in [-0.2, -0.15) is 0 Å². The van der Waals surface area contributed by atoms with E-state index < -0.39 is 0 Å². The molecule has 0 atom stereocenters. The van der Waals surface area contributed by atoms with Crippen molar-refractivity contribution < 1.29 is 4.74 Å². The van der Waals surface area contributed by atoms with Crippen LogP contribution < -0.4 is 16.0 Å². The van der Waals surface area contributed by atoms with Crippen LogP contribution >= 0.6 is 0 Å². The maximum absolute atomic E-state index is 5.52. The highest BCUT2D eigenvalue weighted by Gasteiger charge is 2.18. The summed E-state index contributed by atoms with van der Waals surface area (Å²) in [6.07, 6.45) is 0. The van der Waals surface area contributed by atoms with Crippen LogP contribution in [0.2, 0.25) is 0 Å². The van der Waals surface area contributed by atoms with Crippen molar-refractivity contribution in [2.45, 2.75) is 33.1 Å². The van der Waals surface area contributed by atoms with E-state index in [0.29, 0.717) is 11.6 Å². The third-order valence-electron chi connectivity index (χ3n) is 3.30. The Morgan fingerprint density at radius 1 is 1.14 bits per heavy atom. The maximum atomic E-state index is 5.52. The third-order valence-corrected chi connectivity index (χ3v) is 3.30. The first-order chi connectivity index (χ1) is 9.85. The minimum Gasteiger partial charge on any atom is -0.496 e. The minimum absolute atomic E-state index is 0.0786. The number of nitrogens with two attached hydrogens (primary N) is 1. The van der Waals surface area contributed by atoms with E-state index in [-0.39, 0.29) is 5.41 Å². The van der Waals surface area contributed by atoms with Crippen LogP contribution in [0.3, 0.4) is 0 Å². The predicted molar refractivity (Wildman–Crippen MR) is 85.3 cm³/mol. The summed E-state index contributed by atoms with van der Waals surface area (Å²) in [5.41, 5.74) is 5.46. The zero-order valence-electron chi connectivity index (χ0n) is 13.2. The van der Waals surface area contributed by atoms with E-state index in [1.807, 2.05) is 31.2 Å². The molecule has 0 saturated heterocycles. The van der Waals surface area contributed by atoms with Crippen molar-refractivity contribution >= 4 is 5.82 Å². The molecule has 0 aliphatic heterocycles. The van der Waals surface area contributed by atoms with E-state index in [2.05, 4.69) is 36.2 Å². The minimum atomic E-state index is -0.0786. The molecule has 2 rings (SSSR count). The molecular weight excluding hydrogens is 264 g/mol. The average Bonchev–Trinajstić information content (AvgIpc) is 2.45. The molecule has 1 heterocycles. The molecule has 0 aliphatic rings. The first-order valence-corrected chi connectivity index (χ1v) is 6.86. The van der Waals surface area contributed by atoms with Crippen molar-refractivity contribution in [2.75, 3.05) is 12.5 Å². The van der Waals surface area contributed by atoms with Gasteiger partial charge in [-0.1, -0.05) is 20.8 Å². The highest BCUT2D eigenvalue weighted by atomic mass is 16.5. The average molecular weight is 286 g/mol. The molecule has 0 bridgehead atoms. The lowest BCUT2D eigenvalue weighted by molar-refractivity contribution is 0.412. The maximum Gasteiger partial charge on any atom is 0.161 e. The van der Waals surface area contributed by atoms with Gasteiger partial charge in [0.1, 0.15) is 11.6 Å². The second-order valence-electron chi connectivity index (χ2n) is 6.04. The number of hydrogen-bond donors (Lipinski definition) is 2. The summed E-state index contributed by atoms with van der Waals surface area (Å²) in [5, 5.41) is 0. The number of anilines is 1. The Morgan fingerprint density at radius 2 is 1.86 bits per heavy atom. The Balaban J connectivity index is 2.55. The summed E-state index contributed by atoms with van der Waals surface area (Å²) in [5.74, 6) is 7.64. The number of hydrogen-bond acceptors (Lipinski definition) is 5. The lowest BCUT2D eigenvalue weighted by Crippen LogP contribution is -2.17. The largest absolute Gasteiger partial charge is 0.496 e. The number of nitrogen functional groups attached to an aromatic ring is 1. The smallest absolute Gasteiger partial charge is 0.161 e. The normalized spacial score (nSPS) is 11.3.